The SMILES string of the molecule is C[C@H](CCO)[C@@H](O[N+](=O)[O-])[C@@H](C)O[N+](=O)[O-]. The van der Waals surface area contributed by atoms with Gasteiger partial charge in [-0.1, -0.05) is 6.92 Å². The fraction of sp³-hybridized carbons (Fsp3) is 1.00. The molecule has 0 saturated heterocycles. The van der Waals surface area contributed by atoms with E-state index in [9.17, 15) is 20.2 Å². The van der Waals surface area contributed by atoms with Gasteiger partial charge in [0.25, 0.3) is 10.2 Å². The molecule has 0 aromatic heterocycles. The number of rotatable bonds is 8. The molecule has 0 bridgehead atoms. The summed E-state index contributed by atoms with van der Waals surface area (Å²) in [5.74, 6) is -0.439. The molecular formula is C7H14N2O7. The molecule has 1 N–H and O–H groups in total. The molecule has 0 aromatic rings. The van der Waals surface area contributed by atoms with Crippen molar-refractivity contribution in [3.63, 3.8) is 0 Å². The van der Waals surface area contributed by atoms with E-state index >= 15 is 0 Å². The average molecular weight is 238 g/mol. The van der Waals surface area contributed by atoms with Crippen molar-refractivity contribution in [3.8, 4) is 0 Å². The van der Waals surface area contributed by atoms with Crippen LogP contribution >= 0.6 is 0 Å². The van der Waals surface area contributed by atoms with Crippen LogP contribution in [0.4, 0.5) is 0 Å². The van der Waals surface area contributed by atoms with Crippen molar-refractivity contribution in [2.75, 3.05) is 6.61 Å². The van der Waals surface area contributed by atoms with Crippen molar-refractivity contribution in [1.82, 2.24) is 0 Å². The number of aliphatic hydroxyl groups is 1. The van der Waals surface area contributed by atoms with Gasteiger partial charge in [-0.05, 0) is 19.3 Å². The first kappa shape index (κ1) is 14.4. The minimum atomic E-state index is -1.09. The Morgan fingerprint density at radius 3 is 2.06 bits per heavy atom. The first-order chi connectivity index (χ1) is 7.38. The van der Waals surface area contributed by atoms with Gasteiger partial charge in [-0.25, -0.2) is 0 Å². The Labute approximate surface area is 91.2 Å². The summed E-state index contributed by atoms with van der Waals surface area (Å²) in [4.78, 5) is 28.8. The van der Waals surface area contributed by atoms with Crippen LogP contribution in [0.2, 0.25) is 0 Å². The molecule has 0 aliphatic rings. The maximum atomic E-state index is 10.2. The highest BCUT2D eigenvalue weighted by molar-refractivity contribution is 4.71. The molecule has 0 unspecified atom stereocenters. The zero-order valence-electron chi connectivity index (χ0n) is 8.94. The van der Waals surface area contributed by atoms with Gasteiger partial charge < -0.3 is 14.8 Å². The van der Waals surface area contributed by atoms with Crippen LogP contribution in [0.5, 0.6) is 0 Å². The summed E-state index contributed by atoms with van der Waals surface area (Å²) in [5, 5.41) is 26.9. The lowest BCUT2D eigenvalue weighted by molar-refractivity contribution is -0.799. The minimum absolute atomic E-state index is 0.191. The molecule has 94 valence electrons. The van der Waals surface area contributed by atoms with Crippen LogP contribution in [0.3, 0.4) is 0 Å². The van der Waals surface area contributed by atoms with E-state index in [1.165, 1.54) is 6.92 Å². The third kappa shape index (κ3) is 5.29. The van der Waals surface area contributed by atoms with Crippen LogP contribution in [0.1, 0.15) is 20.3 Å². The third-order valence-electron chi connectivity index (χ3n) is 2.07. The maximum absolute atomic E-state index is 10.2. The minimum Gasteiger partial charge on any atom is -0.396 e. The molecule has 9 nitrogen and oxygen atoms in total. The largest absolute Gasteiger partial charge is 0.396 e. The summed E-state index contributed by atoms with van der Waals surface area (Å²) in [7, 11) is 0. The Bertz CT molecular complexity index is 247. The highest BCUT2D eigenvalue weighted by atomic mass is 17.0. The van der Waals surface area contributed by atoms with E-state index in [2.05, 4.69) is 9.68 Å². The summed E-state index contributed by atoms with van der Waals surface area (Å²) >= 11 is 0. The average Bonchev–Trinajstić information content (AvgIpc) is 2.12. The van der Waals surface area contributed by atoms with Crippen LogP contribution in [0.15, 0.2) is 0 Å². The predicted molar refractivity (Wildman–Crippen MR) is 50.3 cm³/mol. The van der Waals surface area contributed by atoms with Gasteiger partial charge in [-0.3, -0.25) is 0 Å². The number of hydrogen-bond acceptors (Lipinski definition) is 7. The van der Waals surface area contributed by atoms with Gasteiger partial charge in [0, 0.05) is 6.61 Å². The normalized spacial score (nSPS) is 15.9. The van der Waals surface area contributed by atoms with Crippen LogP contribution in [0, 0.1) is 26.1 Å². The zero-order valence-corrected chi connectivity index (χ0v) is 8.94. The number of hydrogen-bond donors (Lipinski definition) is 1. The zero-order chi connectivity index (χ0) is 12.7. The predicted octanol–water partition coefficient (Wildman–Crippen LogP) is 0.179. The van der Waals surface area contributed by atoms with Gasteiger partial charge in [0.1, 0.15) is 12.2 Å². The smallest absolute Gasteiger partial charge is 0.294 e. The molecule has 0 saturated carbocycles. The van der Waals surface area contributed by atoms with E-state index in [-0.39, 0.29) is 13.0 Å². The second-order valence-corrected chi connectivity index (χ2v) is 3.32. The molecule has 16 heavy (non-hydrogen) atoms. The van der Waals surface area contributed by atoms with E-state index in [1.54, 1.807) is 6.92 Å². The lowest BCUT2D eigenvalue weighted by atomic mass is 9.97. The van der Waals surface area contributed by atoms with Gasteiger partial charge >= 0.3 is 0 Å². The Morgan fingerprint density at radius 1 is 1.19 bits per heavy atom. The van der Waals surface area contributed by atoms with Crippen molar-refractivity contribution < 1.29 is 25.0 Å². The van der Waals surface area contributed by atoms with Crippen LogP contribution in [-0.2, 0) is 9.68 Å². The Kier molecular flexibility index (Phi) is 6.08. The molecular weight excluding hydrogens is 224 g/mol. The lowest BCUT2D eigenvalue weighted by Crippen LogP contribution is -2.38. The molecule has 3 atom stereocenters. The monoisotopic (exact) mass is 238 g/mol. The first-order valence-electron chi connectivity index (χ1n) is 4.61. The Balaban J connectivity index is 4.50. The molecule has 0 fully saturated rings. The Hall–Kier alpha value is -1.64. The molecule has 0 aromatic carbocycles. The van der Waals surface area contributed by atoms with Crippen molar-refractivity contribution >= 4 is 0 Å². The summed E-state index contributed by atoms with van der Waals surface area (Å²) in [6.45, 7) is 2.68. The number of nitrogens with zero attached hydrogens (tertiary/aromatic N) is 2. The molecule has 0 aliphatic carbocycles. The molecule has 0 aliphatic heterocycles. The van der Waals surface area contributed by atoms with Crippen LogP contribution < -0.4 is 0 Å². The molecule has 9 heteroatoms. The molecule has 0 radical (unpaired) electrons. The van der Waals surface area contributed by atoms with E-state index in [1.807, 2.05) is 0 Å². The molecule has 0 amide bonds. The van der Waals surface area contributed by atoms with E-state index < -0.39 is 28.3 Å². The van der Waals surface area contributed by atoms with Gasteiger partial charge in [-0.2, -0.15) is 0 Å². The summed E-state index contributed by atoms with van der Waals surface area (Å²) in [6, 6.07) is 0. The standard InChI is InChI=1S/C7H14N2O7/c1-5(3-4-10)7(16-9(13)14)6(2)15-8(11)12/h5-7,10H,3-4H2,1-2H3/t5-,6-,7-/m1/s1. The summed E-state index contributed by atoms with van der Waals surface area (Å²) in [6.07, 6.45) is -1.95. The van der Waals surface area contributed by atoms with Crippen molar-refractivity contribution in [2.45, 2.75) is 32.5 Å². The highest BCUT2D eigenvalue weighted by Crippen LogP contribution is 2.17. The van der Waals surface area contributed by atoms with E-state index in [4.69, 9.17) is 5.11 Å². The quantitative estimate of drug-likeness (QED) is 0.472. The lowest BCUT2D eigenvalue weighted by Gasteiger charge is -2.25. The maximum Gasteiger partial charge on any atom is 0.294 e. The fourth-order valence-electron chi connectivity index (χ4n) is 1.32. The molecule has 0 rings (SSSR count). The highest BCUT2D eigenvalue weighted by Gasteiger charge is 2.29. The van der Waals surface area contributed by atoms with E-state index in [0.717, 1.165) is 0 Å². The van der Waals surface area contributed by atoms with Gasteiger partial charge in [-0.15, -0.1) is 20.2 Å². The van der Waals surface area contributed by atoms with Crippen molar-refractivity contribution in [3.05, 3.63) is 20.2 Å². The molecule has 0 heterocycles. The van der Waals surface area contributed by atoms with Gasteiger partial charge in [0.15, 0.2) is 0 Å². The first-order valence-corrected chi connectivity index (χ1v) is 4.61. The Morgan fingerprint density at radius 2 is 1.69 bits per heavy atom. The van der Waals surface area contributed by atoms with E-state index in [0.29, 0.717) is 0 Å². The topological polar surface area (TPSA) is 125 Å². The van der Waals surface area contributed by atoms with Crippen molar-refractivity contribution in [2.24, 2.45) is 5.92 Å². The summed E-state index contributed by atoms with van der Waals surface area (Å²) in [5.41, 5.74) is 0. The second-order valence-electron chi connectivity index (χ2n) is 3.32. The van der Waals surface area contributed by atoms with Crippen LogP contribution in [-0.4, -0.2) is 34.1 Å². The second kappa shape index (κ2) is 6.77. The van der Waals surface area contributed by atoms with Gasteiger partial charge in [0.05, 0.1) is 0 Å². The summed E-state index contributed by atoms with van der Waals surface area (Å²) < 4.78 is 0. The third-order valence-corrected chi connectivity index (χ3v) is 2.07. The molecule has 0 spiro atoms. The van der Waals surface area contributed by atoms with Gasteiger partial charge in [0.2, 0.25) is 0 Å². The fourth-order valence-corrected chi connectivity index (χ4v) is 1.32. The van der Waals surface area contributed by atoms with Crippen LogP contribution in [0.25, 0.3) is 0 Å². The van der Waals surface area contributed by atoms with Crippen molar-refractivity contribution in [1.29, 1.82) is 0 Å². The number of aliphatic hydroxyl groups excluding tert-OH is 1.